The van der Waals surface area contributed by atoms with Gasteiger partial charge < -0.3 is 19.7 Å². The molecule has 0 aliphatic carbocycles. The van der Waals surface area contributed by atoms with Gasteiger partial charge in [0.05, 0.1) is 18.8 Å². The maximum atomic E-state index is 12.2. The highest BCUT2D eigenvalue weighted by molar-refractivity contribution is 7.98. The fourth-order valence-electron chi connectivity index (χ4n) is 2.25. The topological polar surface area (TPSA) is 67.9 Å². The number of amides is 2. The first-order chi connectivity index (χ1) is 13.1. The van der Waals surface area contributed by atoms with E-state index < -0.39 is 0 Å². The highest BCUT2D eigenvalue weighted by Gasteiger charge is 2.14. The lowest BCUT2D eigenvalue weighted by atomic mass is 10.3. The minimum Gasteiger partial charge on any atom is -0.491 e. The van der Waals surface area contributed by atoms with Crippen LogP contribution in [0.15, 0.2) is 59.5 Å². The number of ether oxygens (including phenoxy) is 2. The summed E-state index contributed by atoms with van der Waals surface area (Å²) in [5.74, 6) is 0.245. The van der Waals surface area contributed by atoms with E-state index in [-0.39, 0.29) is 25.0 Å². The molecule has 0 radical (unpaired) electrons. The van der Waals surface area contributed by atoms with Crippen LogP contribution in [0.3, 0.4) is 0 Å². The number of nitrogens with zero attached hydrogens (tertiary/aromatic N) is 1. The number of likely N-dealkylation sites (N-methyl/N-ethyl adjacent to an activating group) is 1. The lowest BCUT2D eigenvalue weighted by Gasteiger charge is -2.17. The van der Waals surface area contributed by atoms with E-state index in [0.29, 0.717) is 13.2 Å². The normalized spacial score (nSPS) is 10.3. The summed E-state index contributed by atoms with van der Waals surface area (Å²) < 4.78 is 10.8. The highest BCUT2D eigenvalue weighted by Crippen LogP contribution is 2.24. The predicted octanol–water partition coefficient (Wildman–Crippen LogP) is 2.90. The zero-order valence-corrected chi connectivity index (χ0v) is 16.3. The summed E-state index contributed by atoms with van der Waals surface area (Å²) in [6, 6.07) is 16.9. The van der Waals surface area contributed by atoms with Crippen molar-refractivity contribution in [1.29, 1.82) is 0 Å². The quantitative estimate of drug-likeness (QED) is 0.501. The smallest absolute Gasteiger partial charge is 0.248 e. The molecule has 7 heteroatoms. The third-order valence-electron chi connectivity index (χ3n) is 3.65. The lowest BCUT2D eigenvalue weighted by Crippen LogP contribution is -2.37. The van der Waals surface area contributed by atoms with Crippen molar-refractivity contribution in [2.45, 2.75) is 4.90 Å². The minimum atomic E-state index is -0.261. The molecule has 27 heavy (non-hydrogen) atoms. The zero-order valence-electron chi connectivity index (χ0n) is 15.5. The first-order valence-corrected chi connectivity index (χ1v) is 9.75. The second-order valence-corrected chi connectivity index (χ2v) is 6.56. The number of hydrogen-bond acceptors (Lipinski definition) is 5. The zero-order chi connectivity index (χ0) is 19.5. The Balaban J connectivity index is 1.66. The Kier molecular flexibility index (Phi) is 8.67. The monoisotopic (exact) mass is 388 g/mol. The third-order valence-corrected chi connectivity index (χ3v) is 4.45. The van der Waals surface area contributed by atoms with Crippen molar-refractivity contribution in [3.05, 3.63) is 54.6 Å². The Bertz CT molecular complexity index is 740. The molecule has 0 saturated carbocycles. The van der Waals surface area contributed by atoms with Crippen LogP contribution in [0, 0.1) is 0 Å². The molecule has 0 heterocycles. The molecule has 6 nitrogen and oxygen atoms in total. The lowest BCUT2D eigenvalue weighted by molar-refractivity contribution is -0.137. The average Bonchev–Trinajstić information content (AvgIpc) is 2.68. The fourth-order valence-corrected chi connectivity index (χ4v) is 2.80. The highest BCUT2D eigenvalue weighted by atomic mass is 32.2. The summed E-state index contributed by atoms with van der Waals surface area (Å²) in [5.41, 5.74) is 0.741. The van der Waals surface area contributed by atoms with Crippen LogP contribution in [0.1, 0.15) is 0 Å². The Morgan fingerprint density at radius 3 is 2.48 bits per heavy atom. The third kappa shape index (κ3) is 7.32. The van der Waals surface area contributed by atoms with Gasteiger partial charge in [0, 0.05) is 11.9 Å². The fraction of sp³-hybridized carbons (Fsp3) is 0.300. The molecule has 0 bridgehead atoms. The van der Waals surface area contributed by atoms with E-state index in [9.17, 15) is 9.59 Å². The predicted molar refractivity (Wildman–Crippen MR) is 107 cm³/mol. The molecule has 0 saturated heterocycles. The molecule has 144 valence electrons. The van der Waals surface area contributed by atoms with Gasteiger partial charge in [-0.25, -0.2) is 0 Å². The number of carbonyl (C=O) groups is 2. The second kappa shape index (κ2) is 11.3. The first kappa shape index (κ1) is 20.8. The molecule has 1 N–H and O–H groups in total. The molecule has 0 fully saturated rings. The maximum Gasteiger partial charge on any atom is 0.248 e. The van der Waals surface area contributed by atoms with Gasteiger partial charge in [-0.2, -0.15) is 0 Å². The van der Waals surface area contributed by atoms with Crippen LogP contribution < -0.4 is 10.1 Å². The summed E-state index contributed by atoms with van der Waals surface area (Å²) in [6.45, 7) is 0.517. The maximum absolute atomic E-state index is 12.2. The Hall–Kier alpha value is -2.51. The van der Waals surface area contributed by atoms with Crippen molar-refractivity contribution in [2.24, 2.45) is 0 Å². The molecule has 0 spiro atoms. The van der Waals surface area contributed by atoms with E-state index >= 15 is 0 Å². The molecule has 0 aromatic heterocycles. The molecule has 0 unspecified atom stereocenters. The van der Waals surface area contributed by atoms with Gasteiger partial charge in [-0.1, -0.05) is 30.3 Å². The first-order valence-electron chi connectivity index (χ1n) is 8.52. The van der Waals surface area contributed by atoms with Gasteiger partial charge in [-0.3, -0.25) is 9.59 Å². The molecule has 2 aromatic rings. The second-order valence-electron chi connectivity index (χ2n) is 5.71. The summed E-state index contributed by atoms with van der Waals surface area (Å²) in [6.07, 6.45) is 1.94. The number of benzene rings is 2. The Labute approximate surface area is 163 Å². The number of anilines is 1. The molecule has 0 atom stereocenters. The van der Waals surface area contributed by atoms with E-state index in [4.69, 9.17) is 9.47 Å². The number of para-hydroxylation sites is 2. The number of hydrogen-bond donors (Lipinski definition) is 1. The molecule has 0 aliphatic heterocycles. The summed E-state index contributed by atoms with van der Waals surface area (Å²) in [7, 11) is 1.58. The van der Waals surface area contributed by atoms with Crippen molar-refractivity contribution >= 4 is 29.3 Å². The van der Waals surface area contributed by atoms with Gasteiger partial charge >= 0.3 is 0 Å². The molecule has 2 aromatic carbocycles. The van der Waals surface area contributed by atoms with Crippen molar-refractivity contribution in [3.8, 4) is 5.75 Å². The van der Waals surface area contributed by atoms with E-state index in [2.05, 4.69) is 5.32 Å². The van der Waals surface area contributed by atoms with Crippen LogP contribution in [0.4, 0.5) is 5.69 Å². The van der Waals surface area contributed by atoms with E-state index in [1.165, 1.54) is 4.90 Å². The van der Waals surface area contributed by atoms with Crippen LogP contribution in [0.25, 0.3) is 0 Å². The SMILES string of the molecule is CSc1ccccc1NC(=O)CN(C)C(=O)COCCOc1ccccc1. The van der Waals surface area contributed by atoms with Gasteiger partial charge in [0.25, 0.3) is 0 Å². The summed E-state index contributed by atoms with van der Waals surface area (Å²) >= 11 is 1.55. The number of carbonyl (C=O) groups excluding carboxylic acids is 2. The molecular weight excluding hydrogens is 364 g/mol. The molecular formula is C20H24N2O4S. The summed E-state index contributed by atoms with van der Waals surface area (Å²) in [5, 5.41) is 2.83. The minimum absolute atomic E-state index is 0.0363. The van der Waals surface area contributed by atoms with E-state index in [1.807, 2.05) is 60.9 Å². The van der Waals surface area contributed by atoms with Crippen LogP contribution >= 0.6 is 11.8 Å². The van der Waals surface area contributed by atoms with Gasteiger partial charge in [0.1, 0.15) is 19.0 Å². The molecule has 2 amide bonds. The number of thioether (sulfide) groups is 1. The van der Waals surface area contributed by atoms with Gasteiger partial charge in [-0.15, -0.1) is 11.8 Å². The van der Waals surface area contributed by atoms with Crippen LogP contribution in [-0.2, 0) is 14.3 Å². The van der Waals surface area contributed by atoms with Crippen LogP contribution in [-0.4, -0.2) is 56.4 Å². The van der Waals surface area contributed by atoms with Gasteiger partial charge in [-0.05, 0) is 30.5 Å². The van der Waals surface area contributed by atoms with Crippen molar-refractivity contribution < 1.29 is 19.1 Å². The van der Waals surface area contributed by atoms with Gasteiger partial charge in [0.2, 0.25) is 11.8 Å². The largest absolute Gasteiger partial charge is 0.491 e. The molecule has 2 rings (SSSR count). The van der Waals surface area contributed by atoms with E-state index in [0.717, 1.165) is 16.3 Å². The van der Waals surface area contributed by atoms with Crippen molar-refractivity contribution in [2.75, 3.05) is 45.0 Å². The number of nitrogens with one attached hydrogen (secondary N) is 1. The average molecular weight is 388 g/mol. The van der Waals surface area contributed by atoms with Crippen LogP contribution in [0.2, 0.25) is 0 Å². The summed E-state index contributed by atoms with van der Waals surface area (Å²) in [4.78, 5) is 26.5. The Morgan fingerprint density at radius 2 is 1.74 bits per heavy atom. The molecule has 0 aliphatic rings. The van der Waals surface area contributed by atoms with Crippen molar-refractivity contribution in [1.82, 2.24) is 4.90 Å². The van der Waals surface area contributed by atoms with Crippen molar-refractivity contribution in [3.63, 3.8) is 0 Å². The van der Waals surface area contributed by atoms with E-state index in [1.54, 1.807) is 18.8 Å². The standard InChI is InChI=1S/C20H24N2O4S/c1-22(14-19(23)21-17-10-6-7-11-18(17)27-2)20(24)15-25-12-13-26-16-8-4-3-5-9-16/h3-11H,12-15H2,1-2H3,(H,21,23). The Morgan fingerprint density at radius 1 is 1.04 bits per heavy atom. The number of rotatable bonds is 10. The van der Waals surface area contributed by atoms with Gasteiger partial charge in [0.15, 0.2) is 0 Å². The van der Waals surface area contributed by atoms with Crippen LogP contribution in [0.5, 0.6) is 5.75 Å².